The smallest absolute Gasteiger partial charge is 0.246 e. The molecule has 8 heteroatoms. The van der Waals surface area contributed by atoms with Crippen LogP contribution in [0.2, 0.25) is 0 Å². The Labute approximate surface area is 166 Å². The number of halogens is 1. The number of aliphatic hydroxyl groups excluding tert-OH is 1. The Kier molecular flexibility index (Phi) is 9.99. The fourth-order valence-electron chi connectivity index (χ4n) is 3.15. The van der Waals surface area contributed by atoms with Gasteiger partial charge in [-0.1, -0.05) is 0 Å². The second-order valence-corrected chi connectivity index (χ2v) is 6.19. The molecule has 1 heterocycles. The molecule has 0 spiro atoms. The normalized spacial score (nSPS) is 17.2. The van der Waals surface area contributed by atoms with Crippen molar-refractivity contribution in [3.05, 3.63) is 23.8 Å². The van der Waals surface area contributed by atoms with E-state index in [4.69, 9.17) is 19.3 Å². The third-order valence-electron chi connectivity index (χ3n) is 4.58. The number of hydrogen-bond donors (Lipinski definition) is 2. The third-order valence-corrected chi connectivity index (χ3v) is 4.58. The Morgan fingerprint density at radius 3 is 2.37 bits per heavy atom. The van der Waals surface area contributed by atoms with Crippen LogP contribution >= 0.6 is 0 Å². The highest BCUT2D eigenvalue weighted by Gasteiger charge is 2.19. The minimum atomic E-state index is -0.0102. The molecule has 2 N–H and O–H groups in total. The van der Waals surface area contributed by atoms with Gasteiger partial charge in [0.25, 0.3) is 0 Å². The summed E-state index contributed by atoms with van der Waals surface area (Å²) in [6, 6.07) is 3.61. The van der Waals surface area contributed by atoms with Crippen molar-refractivity contribution in [2.24, 2.45) is 0 Å². The standard InChI is InChI=1S/C19H28N2O5.ClH/c1-24-16-13-15(14-17(25-2)19(16)26-3)5-6-18(23)21-8-4-7-20(9-10-21)11-12-22;/h5-6,13-14,22H,4,7-12H2,1-3H3;1H/b6-5+;. The van der Waals surface area contributed by atoms with Crippen molar-refractivity contribution in [1.29, 1.82) is 0 Å². The van der Waals surface area contributed by atoms with Gasteiger partial charge in [-0.05, 0) is 23.8 Å². The molecule has 27 heavy (non-hydrogen) atoms. The van der Waals surface area contributed by atoms with Crippen molar-refractivity contribution in [3.8, 4) is 17.2 Å². The highest BCUT2D eigenvalue weighted by atomic mass is 35.5. The zero-order valence-corrected chi connectivity index (χ0v) is 16.9. The van der Waals surface area contributed by atoms with E-state index in [0.29, 0.717) is 23.8 Å². The molecule has 0 bridgehead atoms. The van der Waals surface area contributed by atoms with Crippen LogP contribution in [0.4, 0.5) is 0 Å². The lowest BCUT2D eigenvalue weighted by molar-refractivity contribution is -0.898. The average Bonchev–Trinajstić information content (AvgIpc) is 2.91. The molecule has 0 saturated carbocycles. The van der Waals surface area contributed by atoms with Crippen molar-refractivity contribution in [1.82, 2.24) is 4.90 Å². The van der Waals surface area contributed by atoms with Crippen LogP contribution in [0, 0.1) is 0 Å². The van der Waals surface area contributed by atoms with Crippen LogP contribution in [0.1, 0.15) is 12.0 Å². The summed E-state index contributed by atoms with van der Waals surface area (Å²) in [5.41, 5.74) is 0.801. The number of carbonyl (C=O) groups excluding carboxylic acids is 1. The molecule has 1 saturated heterocycles. The number of rotatable bonds is 7. The molecule has 0 radical (unpaired) electrons. The van der Waals surface area contributed by atoms with Gasteiger partial charge in [-0.3, -0.25) is 4.79 Å². The molecule has 2 rings (SSSR count). The molecule has 1 fully saturated rings. The number of nitrogens with one attached hydrogen (secondary N) is 1. The largest absolute Gasteiger partial charge is 1.00 e. The lowest BCUT2D eigenvalue weighted by atomic mass is 10.1. The molecule has 0 aromatic heterocycles. The fraction of sp³-hybridized carbons (Fsp3) is 0.526. The van der Waals surface area contributed by atoms with E-state index in [1.165, 1.54) is 4.90 Å². The quantitative estimate of drug-likeness (QED) is 0.473. The highest BCUT2D eigenvalue weighted by Crippen LogP contribution is 2.38. The summed E-state index contributed by atoms with van der Waals surface area (Å²) in [6.45, 7) is 4.22. The second kappa shape index (κ2) is 11.7. The van der Waals surface area contributed by atoms with Gasteiger partial charge < -0.3 is 41.5 Å². The topological polar surface area (TPSA) is 72.7 Å². The number of aliphatic hydroxyl groups is 1. The van der Waals surface area contributed by atoms with Crippen molar-refractivity contribution in [2.45, 2.75) is 6.42 Å². The maximum absolute atomic E-state index is 12.5. The molecule has 1 amide bonds. The second-order valence-electron chi connectivity index (χ2n) is 6.19. The Morgan fingerprint density at radius 2 is 1.81 bits per heavy atom. The first kappa shape index (κ1) is 23.1. The zero-order valence-electron chi connectivity index (χ0n) is 16.2. The van der Waals surface area contributed by atoms with E-state index < -0.39 is 0 Å². The number of benzene rings is 1. The van der Waals surface area contributed by atoms with E-state index in [9.17, 15) is 4.79 Å². The Bertz CT molecular complexity index is 614. The predicted octanol–water partition coefficient (Wildman–Crippen LogP) is -3.16. The summed E-state index contributed by atoms with van der Waals surface area (Å²) in [7, 11) is 4.68. The van der Waals surface area contributed by atoms with Crippen LogP contribution in [0.15, 0.2) is 18.2 Å². The molecule has 7 nitrogen and oxygen atoms in total. The maximum Gasteiger partial charge on any atom is 0.246 e. The number of methoxy groups -OCH3 is 3. The first-order valence-corrected chi connectivity index (χ1v) is 8.84. The number of ether oxygens (including phenoxy) is 3. The Balaban J connectivity index is 0.00000364. The molecular weight excluding hydrogens is 372 g/mol. The van der Waals surface area contributed by atoms with E-state index in [2.05, 4.69) is 0 Å². The third kappa shape index (κ3) is 6.30. The molecule has 1 aromatic rings. The molecule has 1 unspecified atom stereocenters. The molecule has 0 aliphatic carbocycles. The monoisotopic (exact) mass is 400 g/mol. The van der Waals surface area contributed by atoms with Gasteiger partial charge in [-0.25, -0.2) is 0 Å². The Hall–Kier alpha value is -1.96. The summed E-state index contributed by atoms with van der Waals surface area (Å²) in [5, 5.41) is 9.08. The molecule has 1 aromatic carbocycles. The molecule has 1 aliphatic rings. The van der Waals surface area contributed by atoms with Gasteiger partial charge in [0.1, 0.15) is 6.54 Å². The number of hydrogen-bond acceptors (Lipinski definition) is 5. The van der Waals surface area contributed by atoms with E-state index in [1.54, 1.807) is 45.6 Å². The number of nitrogens with zero attached hydrogens (tertiary/aromatic N) is 1. The summed E-state index contributed by atoms with van der Waals surface area (Å²) < 4.78 is 16.0. The number of carbonyl (C=O) groups is 1. The SMILES string of the molecule is COc1cc(/C=C/C(=O)N2CCC[NH+](CCO)CC2)cc(OC)c1OC.[Cl-]. The molecule has 152 valence electrons. The summed E-state index contributed by atoms with van der Waals surface area (Å²) in [5.74, 6) is 1.62. The Morgan fingerprint density at radius 1 is 1.15 bits per heavy atom. The zero-order chi connectivity index (χ0) is 18.9. The van der Waals surface area contributed by atoms with Gasteiger partial charge in [0.15, 0.2) is 11.5 Å². The van der Waals surface area contributed by atoms with Gasteiger partial charge in [-0.15, -0.1) is 0 Å². The van der Waals surface area contributed by atoms with Crippen LogP contribution < -0.4 is 31.5 Å². The van der Waals surface area contributed by atoms with Crippen molar-refractivity contribution in [3.63, 3.8) is 0 Å². The molecule has 1 atom stereocenters. The van der Waals surface area contributed by atoms with Gasteiger partial charge in [-0.2, -0.15) is 0 Å². The first-order chi connectivity index (χ1) is 12.6. The maximum atomic E-state index is 12.5. The van der Waals surface area contributed by atoms with Gasteiger partial charge in [0.05, 0.1) is 47.6 Å². The minimum Gasteiger partial charge on any atom is -1.00 e. The lowest BCUT2D eigenvalue weighted by Crippen LogP contribution is -3.12. The van der Waals surface area contributed by atoms with Crippen LogP contribution in [0.5, 0.6) is 17.2 Å². The van der Waals surface area contributed by atoms with Crippen molar-refractivity contribution in [2.75, 3.05) is 60.7 Å². The van der Waals surface area contributed by atoms with E-state index in [0.717, 1.165) is 38.2 Å². The van der Waals surface area contributed by atoms with Gasteiger partial charge in [0.2, 0.25) is 11.7 Å². The van der Waals surface area contributed by atoms with Crippen LogP contribution in [0.3, 0.4) is 0 Å². The minimum absolute atomic E-state index is 0. The summed E-state index contributed by atoms with van der Waals surface area (Å²) in [4.78, 5) is 15.7. The van der Waals surface area contributed by atoms with Crippen LogP contribution in [-0.4, -0.2) is 76.6 Å². The molecular formula is C19H29ClN2O5. The average molecular weight is 401 g/mol. The summed E-state index contributed by atoms with van der Waals surface area (Å²) in [6.07, 6.45) is 4.28. The lowest BCUT2D eigenvalue weighted by Gasteiger charge is -2.18. The fourth-order valence-corrected chi connectivity index (χ4v) is 3.15. The van der Waals surface area contributed by atoms with Gasteiger partial charge >= 0.3 is 0 Å². The predicted molar refractivity (Wildman–Crippen MR) is 99.0 cm³/mol. The van der Waals surface area contributed by atoms with E-state index in [1.807, 2.05) is 4.90 Å². The van der Waals surface area contributed by atoms with E-state index >= 15 is 0 Å². The number of quaternary nitrogens is 1. The summed E-state index contributed by atoms with van der Waals surface area (Å²) >= 11 is 0. The van der Waals surface area contributed by atoms with Crippen molar-refractivity contribution >= 4 is 12.0 Å². The van der Waals surface area contributed by atoms with Crippen LogP contribution in [-0.2, 0) is 4.79 Å². The first-order valence-electron chi connectivity index (χ1n) is 8.84. The highest BCUT2D eigenvalue weighted by molar-refractivity contribution is 5.92. The van der Waals surface area contributed by atoms with Crippen molar-refractivity contribution < 1.29 is 41.4 Å². The van der Waals surface area contributed by atoms with E-state index in [-0.39, 0.29) is 24.9 Å². The number of amides is 1. The van der Waals surface area contributed by atoms with Gasteiger partial charge in [0, 0.05) is 19.0 Å². The molecule has 1 aliphatic heterocycles. The van der Waals surface area contributed by atoms with Crippen LogP contribution in [0.25, 0.3) is 6.08 Å².